The Morgan fingerprint density at radius 2 is 1.95 bits per heavy atom. The highest BCUT2D eigenvalue weighted by Gasteiger charge is 2.03. The Labute approximate surface area is 115 Å². The lowest BCUT2D eigenvalue weighted by Gasteiger charge is -2.20. The molecule has 0 saturated heterocycles. The van der Waals surface area contributed by atoms with Crippen LogP contribution in [-0.2, 0) is 11.3 Å². The predicted octanol–water partition coefficient (Wildman–Crippen LogP) is 3.01. The Morgan fingerprint density at radius 3 is 2.53 bits per heavy atom. The van der Waals surface area contributed by atoms with Crippen molar-refractivity contribution < 1.29 is 4.79 Å². The third-order valence-corrected chi connectivity index (χ3v) is 2.81. The first-order chi connectivity index (χ1) is 9.30. The van der Waals surface area contributed by atoms with E-state index in [1.165, 1.54) is 0 Å². The van der Waals surface area contributed by atoms with Crippen molar-refractivity contribution in [3.63, 3.8) is 0 Å². The monoisotopic (exact) mass is 258 g/mol. The van der Waals surface area contributed by atoms with Gasteiger partial charge in [0.2, 0.25) is 6.41 Å². The molecule has 3 heteroatoms. The molecule has 0 aliphatic rings. The van der Waals surface area contributed by atoms with Crippen LogP contribution in [0, 0.1) is 0 Å². The summed E-state index contributed by atoms with van der Waals surface area (Å²) in [5.74, 6) is 0. The zero-order chi connectivity index (χ0) is 13.9. The van der Waals surface area contributed by atoms with Gasteiger partial charge in [-0.1, -0.05) is 43.0 Å². The largest absolute Gasteiger partial charge is 0.355 e. The van der Waals surface area contributed by atoms with Gasteiger partial charge in [-0.15, -0.1) is 0 Å². The van der Waals surface area contributed by atoms with E-state index in [0.29, 0.717) is 6.54 Å². The lowest BCUT2D eigenvalue weighted by Crippen LogP contribution is -2.25. The van der Waals surface area contributed by atoms with Crippen molar-refractivity contribution >= 4 is 6.41 Å². The molecule has 0 unspecified atom stereocenters. The summed E-state index contributed by atoms with van der Waals surface area (Å²) in [7, 11) is 0. The smallest absolute Gasteiger partial charge is 0.210 e. The maximum atomic E-state index is 11.1. The van der Waals surface area contributed by atoms with Crippen LogP contribution in [0.4, 0.5) is 0 Å². The average molecular weight is 258 g/mol. The molecule has 0 atom stereocenters. The van der Waals surface area contributed by atoms with Crippen LogP contribution in [0.2, 0.25) is 0 Å². The molecule has 102 valence electrons. The molecule has 0 saturated carbocycles. The summed E-state index contributed by atoms with van der Waals surface area (Å²) >= 11 is 0. The summed E-state index contributed by atoms with van der Waals surface area (Å²) in [4.78, 5) is 14.9. The minimum atomic E-state index is 0.669. The molecule has 19 heavy (non-hydrogen) atoms. The zero-order valence-corrected chi connectivity index (χ0v) is 11.5. The van der Waals surface area contributed by atoms with E-state index in [-0.39, 0.29) is 0 Å². The van der Waals surface area contributed by atoms with Gasteiger partial charge in [0, 0.05) is 19.6 Å². The van der Waals surface area contributed by atoms with Crippen LogP contribution in [0.5, 0.6) is 0 Å². The number of rotatable bonds is 9. The Morgan fingerprint density at radius 1 is 1.21 bits per heavy atom. The normalized spacial score (nSPS) is 10.4. The lowest BCUT2D eigenvalue weighted by atomic mass is 10.2. The standard InChI is InChI=1S/C16H22N2O/c1-3-11-17(4-2)12-8-13-18(15-19)14-16-9-6-5-7-10-16/h3-7,9-11,15H,2,8,12-14H2,1H3/b11-3-. The molecule has 1 aromatic carbocycles. The third kappa shape index (κ3) is 5.91. The van der Waals surface area contributed by atoms with Gasteiger partial charge in [0.25, 0.3) is 0 Å². The molecule has 0 fully saturated rings. The minimum Gasteiger partial charge on any atom is -0.355 e. The number of hydrogen-bond donors (Lipinski definition) is 0. The molecule has 0 heterocycles. The maximum absolute atomic E-state index is 11.1. The van der Waals surface area contributed by atoms with Crippen LogP contribution in [0.25, 0.3) is 0 Å². The summed E-state index contributed by atoms with van der Waals surface area (Å²) in [6.07, 6.45) is 7.59. The summed E-state index contributed by atoms with van der Waals surface area (Å²) in [6.45, 7) is 8.02. The van der Waals surface area contributed by atoms with Gasteiger partial charge in [0.05, 0.1) is 0 Å². The molecule has 1 aromatic rings. The highest BCUT2D eigenvalue weighted by atomic mass is 16.1. The SMILES string of the molecule is C=CN(/C=C\C)CCCN(C=O)Cc1ccccc1. The number of hydrogen-bond acceptors (Lipinski definition) is 2. The molecule has 0 aromatic heterocycles. The van der Waals surface area contributed by atoms with E-state index in [0.717, 1.165) is 31.5 Å². The molecular weight excluding hydrogens is 236 g/mol. The van der Waals surface area contributed by atoms with Crippen molar-refractivity contribution in [1.82, 2.24) is 9.80 Å². The topological polar surface area (TPSA) is 23.6 Å². The first-order valence-corrected chi connectivity index (χ1v) is 6.54. The number of amides is 1. The Balaban J connectivity index is 2.37. The van der Waals surface area contributed by atoms with Crippen molar-refractivity contribution in [2.75, 3.05) is 13.1 Å². The fourth-order valence-electron chi connectivity index (χ4n) is 1.86. The van der Waals surface area contributed by atoms with E-state index < -0.39 is 0 Å². The highest BCUT2D eigenvalue weighted by Crippen LogP contribution is 2.04. The quantitative estimate of drug-likeness (QED) is 0.636. The summed E-state index contributed by atoms with van der Waals surface area (Å²) in [5, 5.41) is 0. The Bertz CT molecular complexity index is 400. The molecule has 0 aliphatic carbocycles. The lowest BCUT2D eigenvalue weighted by molar-refractivity contribution is -0.118. The van der Waals surface area contributed by atoms with Crippen LogP contribution in [0.1, 0.15) is 18.9 Å². The van der Waals surface area contributed by atoms with Gasteiger partial charge >= 0.3 is 0 Å². The van der Waals surface area contributed by atoms with Crippen LogP contribution < -0.4 is 0 Å². The molecule has 0 bridgehead atoms. The average Bonchev–Trinajstić information content (AvgIpc) is 2.46. The van der Waals surface area contributed by atoms with Gasteiger partial charge in [-0.05, 0) is 31.3 Å². The van der Waals surface area contributed by atoms with E-state index in [9.17, 15) is 4.79 Å². The van der Waals surface area contributed by atoms with Crippen molar-refractivity contribution in [2.24, 2.45) is 0 Å². The van der Waals surface area contributed by atoms with Crippen LogP contribution >= 0.6 is 0 Å². The first kappa shape index (κ1) is 15.0. The van der Waals surface area contributed by atoms with Gasteiger partial charge in [-0.2, -0.15) is 0 Å². The van der Waals surface area contributed by atoms with E-state index in [1.54, 1.807) is 11.1 Å². The molecule has 0 spiro atoms. The first-order valence-electron chi connectivity index (χ1n) is 6.54. The molecule has 1 amide bonds. The second kappa shape index (κ2) is 8.97. The fraction of sp³-hybridized carbons (Fsp3) is 0.312. The fourth-order valence-corrected chi connectivity index (χ4v) is 1.86. The Kier molecular flexibility index (Phi) is 7.10. The highest BCUT2D eigenvalue weighted by molar-refractivity contribution is 5.47. The molecular formula is C16H22N2O. The number of carbonyl (C=O) groups excluding carboxylic acids is 1. The second-order valence-corrected chi connectivity index (χ2v) is 4.32. The summed E-state index contributed by atoms with van der Waals surface area (Å²) < 4.78 is 0. The Hall–Kier alpha value is -2.03. The molecule has 3 nitrogen and oxygen atoms in total. The minimum absolute atomic E-state index is 0.669. The van der Waals surface area contributed by atoms with E-state index >= 15 is 0 Å². The maximum Gasteiger partial charge on any atom is 0.210 e. The number of nitrogens with zero attached hydrogens (tertiary/aromatic N) is 2. The van der Waals surface area contributed by atoms with E-state index in [4.69, 9.17) is 0 Å². The number of benzene rings is 1. The van der Waals surface area contributed by atoms with Crippen molar-refractivity contribution in [1.29, 1.82) is 0 Å². The van der Waals surface area contributed by atoms with Crippen molar-refractivity contribution in [2.45, 2.75) is 19.9 Å². The van der Waals surface area contributed by atoms with E-state index in [1.807, 2.05) is 54.4 Å². The van der Waals surface area contributed by atoms with Gasteiger partial charge in [-0.3, -0.25) is 4.79 Å². The second-order valence-electron chi connectivity index (χ2n) is 4.32. The van der Waals surface area contributed by atoms with Crippen LogP contribution in [0.15, 0.2) is 55.4 Å². The summed E-state index contributed by atoms with van der Waals surface area (Å²) in [5.41, 5.74) is 1.16. The van der Waals surface area contributed by atoms with Gasteiger partial charge in [-0.25, -0.2) is 0 Å². The summed E-state index contributed by atoms with van der Waals surface area (Å²) in [6, 6.07) is 10.0. The van der Waals surface area contributed by atoms with Gasteiger partial charge in [0.15, 0.2) is 0 Å². The van der Waals surface area contributed by atoms with Crippen LogP contribution in [0.3, 0.4) is 0 Å². The number of carbonyl (C=O) groups is 1. The third-order valence-electron chi connectivity index (χ3n) is 2.81. The number of allylic oxidation sites excluding steroid dienone is 1. The zero-order valence-electron chi connectivity index (χ0n) is 11.5. The van der Waals surface area contributed by atoms with Gasteiger partial charge in [0.1, 0.15) is 0 Å². The van der Waals surface area contributed by atoms with Crippen molar-refractivity contribution in [3.05, 3.63) is 61.0 Å². The molecule has 0 aliphatic heterocycles. The van der Waals surface area contributed by atoms with Crippen LogP contribution in [-0.4, -0.2) is 29.3 Å². The van der Waals surface area contributed by atoms with Crippen molar-refractivity contribution in [3.8, 4) is 0 Å². The van der Waals surface area contributed by atoms with Gasteiger partial charge < -0.3 is 9.80 Å². The molecule has 0 N–H and O–H groups in total. The molecule has 0 radical (unpaired) electrons. The molecule has 1 rings (SSSR count). The van der Waals surface area contributed by atoms with E-state index in [2.05, 4.69) is 6.58 Å². The predicted molar refractivity (Wildman–Crippen MR) is 79.3 cm³/mol.